The van der Waals surface area contributed by atoms with Gasteiger partial charge in [0.2, 0.25) is 5.56 Å². The SMILES string of the molecule is CC(C)C(C)(O)CNC(=O)Nc1ccc(=O)n(C)c1. The highest BCUT2D eigenvalue weighted by molar-refractivity contribution is 5.89. The van der Waals surface area contributed by atoms with Gasteiger partial charge in [-0.3, -0.25) is 4.79 Å². The smallest absolute Gasteiger partial charge is 0.319 e. The van der Waals surface area contributed by atoms with E-state index in [0.717, 1.165) is 0 Å². The van der Waals surface area contributed by atoms with Gasteiger partial charge in [0.1, 0.15) is 0 Å². The minimum atomic E-state index is -0.957. The van der Waals surface area contributed by atoms with E-state index < -0.39 is 11.6 Å². The summed E-state index contributed by atoms with van der Waals surface area (Å²) in [5.74, 6) is 0.0327. The molecular formula is C13H21N3O3. The van der Waals surface area contributed by atoms with Crippen molar-refractivity contribution < 1.29 is 9.90 Å². The fourth-order valence-electron chi connectivity index (χ4n) is 1.31. The second kappa shape index (κ2) is 5.88. The normalized spacial score (nSPS) is 14.0. The van der Waals surface area contributed by atoms with Gasteiger partial charge in [0, 0.05) is 25.9 Å². The number of nitrogens with one attached hydrogen (secondary N) is 2. The third-order valence-electron chi connectivity index (χ3n) is 3.19. The molecule has 1 aromatic heterocycles. The number of urea groups is 1. The van der Waals surface area contributed by atoms with Crippen molar-refractivity contribution in [2.75, 3.05) is 11.9 Å². The molecule has 0 aliphatic heterocycles. The summed E-state index contributed by atoms with van der Waals surface area (Å²) in [5, 5.41) is 15.2. The van der Waals surface area contributed by atoms with Gasteiger partial charge in [0.05, 0.1) is 11.3 Å². The molecule has 1 rings (SSSR count). The lowest BCUT2D eigenvalue weighted by Crippen LogP contribution is -2.45. The number of hydrogen-bond acceptors (Lipinski definition) is 3. The van der Waals surface area contributed by atoms with E-state index in [1.54, 1.807) is 14.0 Å². The fraction of sp³-hybridized carbons (Fsp3) is 0.538. The number of hydrogen-bond donors (Lipinski definition) is 3. The van der Waals surface area contributed by atoms with E-state index in [9.17, 15) is 14.7 Å². The molecule has 6 heteroatoms. The molecule has 0 saturated heterocycles. The molecule has 0 fully saturated rings. The van der Waals surface area contributed by atoms with Gasteiger partial charge in [-0.15, -0.1) is 0 Å². The Kier molecular flexibility index (Phi) is 4.72. The zero-order valence-electron chi connectivity index (χ0n) is 11.7. The molecule has 0 aliphatic rings. The molecule has 106 valence electrons. The van der Waals surface area contributed by atoms with Crippen LogP contribution in [0.1, 0.15) is 20.8 Å². The lowest BCUT2D eigenvalue weighted by molar-refractivity contribution is 0.0170. The first kappa shape index (κ1) is 15.2. The first-order valence-corrected chi connectivity index (χ1v) is 6.16. The lowest BCUT2D eigenvalue weighted by atomic mass is 9.93. The highest BCUT2D eigenvalue weighted by Crippen LogP contribution is 2.14. The summed E-state index contributed by atoms with van der Waals surface area (Å²) in [6, 6.07) is 2.49. The number of carbonyl (C=O) groups is 1. The Morgan fingerprint density at radius 3 is 2.63 bits per heavy atom. The van der Waals surface area contributed by atoms with Gasteiger partial charge in [-0.25, -0.2) is 4.79 Å². The molecule has 0 saturated carbocycles. The molecule has 0 aromatic carbocycles. The van der Waals surface area contributed by atoms with Crippen molar-refractivity contribution in [2.24, 2.45) is 13.0 Å². The highest BCUT2D eigenvalue weighted by Gasteiger charge is 2.25. The Morgan fingerprint density at radius 1 is 1.47 bits per heavy atom. The Bertz CT molecular complexity index is 506. The third-order valence-corrected chi connectivity index (χ3v) is 3.19. The predicted molar refractivity (Wildman–Crippen MR) is 74.2 cm³/mol. The van der Waals surface area contributed by atoms with Crippen LogP contribution in [0.4, 0.5) is 10.5 Å². The van der Waals surface area contributed by atoms with Crippen molar-refractivity contribution in [3.63, 3.8) is 0 Å². The summed E-state index contributed by atoms with van der Waals surface area (Å²) >= 11 is 0. The van der Waals surface area contributed by atoms with Crippen LogP contribution in [0.25, 0.3) is 0 Å². The molecule has 19 heavy (non-hydrogen) atoms. The summed E-state index contributed by atoms with van der Waals surface area (Å²) in [4.78, 5) is 22.8. The largest absolute Gasteiger partial charge is 0.388 e. The number of pyridine rings is 1. The number of anilines is 1. The Balaban J connectivity index is 2.56. The summed E-state index contributed by atoms with van der Waals surface area (Å²) < 4.78 is 1.37. The number of aliphatic hydroxyl groups is 1. The summed E-state index contributed by atoms with van der Waals surface area (Å²) in [5.41, 5.74) is -0.585. The van der Waals surface area contributed by atoms with Crippen LogP contribution in [-0.4, -0.2) is 27.9 Å². The number of nitrogens with zero attached hydrogens (tertiary/aromatic N) is 1. The van der Waals surface area contributed by atoms with Gasteiger partial charge in [-0.1, -0.05) is 13.8 Å². The average Bonchev–Trinajstić information content (AvgIpc) is 2.31. The van der Waals surface area contributed by atoms with E-state index in [0.29, 0.717) is 5.69 Å². The standard InChI is InChI=1S/C13H21N3O3/c1-9(2)13(3,19)8-14-12(18)15-10-5-6-11(17)16(4)7-10/h5-7,9,19H,8H2,1-4H3,(H2,14,15,18). The summed E-state index contributed by atoms with van der Waals surface area (Å²) in [7, 11) is 1.61. The van der Waals surface area contributed by atoms with Gasteiger partial charge in [-0.05, 0) is 18.9 Å². The van der Waals surface area contributed by atoms with E-state index in [-0.39, 0.29) is 18.0 Å². The van der Waals surface area contributed by atoms with Crippen LogP contribution in [-0.2, 0) is 7.05 Å². The minimum absolute atomic E-state index is 0.0327. The maximum Gasteiger partial charge on any atom is 0.319 e. The highest BCUT2D eigenvalue weighted by atomic mass is 16.3. The molecule has 1 unspecified atom stereocenters. The van der Waals surface area contributed by atoms with Crippen LogP contribution >= 0.6 is 0 Å². The first-order valence-electron chi connectivity index (χ1n) is 6.16. The van der Waals surface area contributed by atoms with Crippen molar-refractivity contribution in [1.29, 1.82) is 0 Å². The van der Waals surface area contributed by atoms with E-state index in [1.807, 2.05) is 13.8 Å². The minimum Gasteiger partial charge on any atom is -0.388 e. The Labute approximate surface area is 112 Å². The van der Waals surface area contributed by atoms with Crippen LogP contribution in [0.3, 0.4) is 0 Å². The lowest BCUT2D eigenvalue weighted by Gasteiger charge is -2.27. The molecule has 3 N–H and O–H groups in total. The average molecular weight is 267 g/mol. The topological polar surface area (TPSA) is 83.4 Å². The van der Waals surface area contributed by atoms with Crippen LogP contribution < -0.4 is 16.2 Å². The number of aryl methyl sites for hydroxylation is 1. The van der Waals surface area contributed by atoms with Crippen molar-refractivity contribution in [3.05, 3.63) is 28.7 Å². The maximum absolute atomic E-state index is 11.7. The third kappa shape index (κ3) is 4.40. The summed E-state index contributed by atoms with van der Waals surface area (Å²) in [6.07, 6.45) is 1.53. The monoisotopic (exact) mass is 267 g/mol. The van der Waals surface area contributed by atoms with Crippen LogP contribution in [0, 0.1) is 5.92 Å². The molecule has 0 spiro atoms. The molecule has 1 heterocycles. The van der Waals surface area contributed by atoms with Gasteiger partial charge in [0.15, 0.2) is 0 Å². The predicted octanol–water partition coefficient (Wildman–Crippen LogP) is 0.914. The van der Waals surface area contributed by atoms with Crippen molar-refractivity contribution in [1.82, 2.24) is 9.88 Å². The van der Waals surface area contributed by atoms with Crippen LogP contribution in [0.2, 0.25) is 0 Å². The maximum atomic E-state index is 11.7. The number of amides is 2. The zero-order chi connectivity index (χ0) is 14.6. The second-order valence-corrected chi connectivity index (χ2v) is 5.19. The van der Waals surface area contributed by atoms with E-state index in [2.05, 4.69) is 10.6 Å². The Morgan fingerprint density at radius 2 is 2.11 bits per heavy atom. The van der Waals surface area contributed by atoms with Crippen molar-refractivity contribution in [2.45, 2.75) is 26.4 Å². The molecule has 0 bridgehead atoms. The van der Waals surface area contributed by atoms with Gasteiger partial charge in [0.25, 0.3) is 0 Å². The molecule has 0 aliphatic carbocycles. The van der Waals surface area contributed by atoms with E-state index in [4.69, 9.17) is 0 Å². The van der Waals surface area contributed by atoms with Crippen LogP contribution in [0.5, 0.6) is 0 Å². The van der Waals surface area contributed by atoms with Crippen LogP contribution in [0.15, 0.2) is 23.1 Å². The molecule has 0 radical (unpaired) electrons. The number of rotatable bonds is 4. The van der Waals surface area contributed by atoms with Crippen molar-refractivity contribution in [3.8, 4) is 0 Å². The fourth-order valence-corrected chi connectivity index (χ4v) is 1.31. The van der Waals surface area contributed by atoms with Gasteiger partial charge >= 0.3 is 6.03 Å². The quantitative estimate of drug-likeness (QED) is 0.758. The molecule has 6 nitrogen and oxygen atoms in total. The van der Waals surface area contributed by atoms with Crippen molar-refractivity contribution >= 4 is 11.7 Å². The molecule has 1 aromatic rings. The molecule has 2 amide bonds. The molecular weight excluding hydrogens is 246 g/mol. The Hall–Kier alpha value is -1.82. The zero-order valence-corrected chi connectivity index (χ0v) is 11.7. The first-order chi connectivity index (χ1) is 8.72. The van der Waals surface area contributed by atoms with E-state index >= 15 is 0 Å². The molecule has 1 atom stereocenters. The van der Waals surface area contributed by atoms with Gasteiger partial charge < -0.3 is 20.3 Å². The van der Waals surface area contributed by atoms with Gasteiger partial charge in [-0.2, -0.15) is 0 Å². The number of carbonyl (C=O) groups excluding carboxylic acids is 1. The number of aromatic nitrogens is 1. The summed E-state index contributed by atoms with van der Waals surface area (Å²) in [6.45, 7) is 5.59. The van der Waals surface area contributed by atoms with E-state index in [1.165, 1.54) is 22.9 Å². The second-order valence-electron chi connectivity index (χ2n) is 5.19.